The molecule has 2 fully saturated rings. The van der Waals surface area contributed by atoms with Gasteiger partial charge in [0.2, 0.25) is 5.91 Å². The van der Waals surface area contributed by atoms with E-state index in [2.05, 4.69) is 32.5 Å². The molecule has 182 valence electrons. The Kier molecular flexibility index (Phi) is 6.83. The van der Waals surface area contributed by atoms with Crippen molar-refractivity contribution in [3.05, 3.63) is 59.7 Å². The van der Waals surface area contributed by atoms with Gasteiger partial charge in [-0.25, -0.2) is 14.4 Å². The second-order valence-electron chi connectivity index (χ2n) is 9.16. The summed E-state index contributed by atoms with van der Waals surface area (Å²) in [5.41, 5.74) is 1.78. The van der Waals surface area contributed by atoms with Gasteiger partial charge in [-0.2, -0.15) is 0 Å². The summed E-state index contributed by atoms with van der Waals surface area (Å²) in [7, 11) is 2.07. The molecule has 2 aromatic carbocycles. The molecule has 0 spiro atoms. The summed E-state index contributed by atoms with van der Waals surface area (Å²) in [6.07, 6.45) is 9.61. The number of nitrogens with zero attached hydrogens (tertiary/aromatic N) is 3. The topological polar surface area (TPSA) is 79.4 Å². The first-order valence-corrected chi connectivity index (χ1v) is 12.2. The van der Waals surface area contributed by atoms with Crippen LogP contribution in [0.2, 0.25) is 5.02 Å². The fraction of sp³-hybridized carbons (Fsp3) is 0.346. The summed E-state index contributed by atoms with van der Waals surface area (Å²) >= 11 is 5.93. The Morgan fingerprint density at radius 3 is 2.80 bits per heavy atom. The van der Waals surface area contributed by atoms with Crippen molar-refractivity contribution >= 4 is 45.6 Å². The van der Waals surface area contributed by atoms with E-state index in [1.54, 1.807) is 18.2 Å². The Hall–Kier alpha value is -3.23. The Morgan fingerprint density at radius 2 is 2.06 bits per heavy atom. The van der Waals surface area contributed by atoms with Crippen molar-refractivity contribution in [2.24, 2.45) is 5.92 Å². The zero-order chi connectivity index (χ0) is 24.4. The van der Waals surface area contributed by atoms with Crippen LogP contribution in [0.1, 0.15) is 25.7 Å². The number of carbonyl (C=O) groups is 1. The first-order chi connectivity index (χ1) is 17.0. The van der Waals surface area contributed by atoms with E-state index in [1.807, 2.05) is 12.1 Å². The number of rotatable bonds is 10. The number of halogens is 2. The second-order valence-corrected chi connectivity index (χ2v) is 9.57. The van der Waals surface area contributed by atoms with Gasteiger partial charge in [-0.1, -0.05) is 17.7 Å². The highest BCUT2D eigenvalue weighted by Gasteiger charge is 2.25. The van der Waals surface area contributed by atoms with Crippen LogP contribution in [0, 0.1) is 11.7 Å². The minimum Gasteiger partial charge on any atom is -0.491 e. The van der Waals surface area contributed by atoms with Crippen LogP contribution in [0.4, 0.5) is 21.6 Å². The molecule has 0 unspecified atom stereocenters. The molecule has 5 rings (SSSR count). The third-order valence-electron chi connectivity index (χ3n) is 6.18. The lowest BCUT2D eigenvalue weighted by Crippen LogP contribution is -2.20. The molecule has 2 N–H and O–H groups in total. The van der Waals surface area contributed by atoms with Crippen molar-refractivity contribution in [2.45, 2.75) is 31.7 Å². The van der Waals surface area contributed by atoms with Gasteiger partial charge in [0.25, 0.3) is 0 Å². The summed E-state index contributed by atoms with van der Waals surface area (Å²) in [5.74, 6) is 0.891. The number of likely N-dealkylation sites (N-methyl/N-ethyl adjacent to an activating group) is 1. The first kappa shape index (κ1) is 23.5. The van der Waals surface area contributed by atoms with Gasteiger partial charge in [0, 0.05) is 35.8 Å². The monoisotopic (exact) mass is 495 g/mol. The second kappa shape index (κ2) is 10.2. The highest BCUT2D eigenvalue weighted by molar-refractivity contribution is 6.31. The Balaban J connectivity index is 1.40. The standard InChI is InChI=1S/C26H27ClFN5O2/c1-33(18-7-8-18)10-2-3-25(34)32-23-12-19-22(13-24(23)35-14-16-4-5-16)29-15-30-26(19)31-17-6-9-21(28)20(27)11-17/h2-3,6,9,11-13,15-16,18H,4-5,7-8,10,14H2,1H3,(H,32,34)(H,29,30,31). The van der Waals surface area contributed by atoms with Gasteiger partial charge < -0.3 is 15.4 Å². The third kappa shape index (κ3) is 6.07. The minimum atomic E-state index is -0.497. The van der Waals surface area contributed by atoms with Gasteiger partial charge in [0.1, 0.15) is 23.7 Å². The molecule has 7 nitrogen and oxygen atoms in total. The largest absolute Gasteiger partial charge is 0.491 e. The first-order valence-electron chi connectivity index (χ1n) is 11.8. The van der Waals surface area contributed by atoms with E-state index in [-0.39, 0.29) is 10.9 Å². The average molecular weight is 496 g/mol. The van der Waals surface area contributed by atoms with E-state index in [1.165, 1.54) is 31.3 Å². The van der Waals surface area contributed by atoms with Crippen LogP contribution < -0.4 is 15.4 Å². The van der Waals surface area contributed by atoms with Crippen molar-refractivity contribution in [1.82, 2.24) is 14.9 Å². The van der Waals surface area contributed by atoms with E-state index in [0.29, 0.717) is 52.4 Å². The van der Waals surface area contributed by atoms with E-state index in [4.69, 9.17) is 16.3 Å². The number of benzene rings is 2. The summed E-state index contributed by atoms with van der Waals surface area (Å²) in [5, 5.41) is 6.80. The molecular weight excluding hydrogens is 469 g/mol. The summed E-state index contributed by atoms with van der Waals surface area (Å²) in [4.78, 5) is 23.7. The molecule has 1 aromatic heterocycles. The van der Waals surface area contributed by atoms with E-state index in [9.17, 15) is 9.18 Å². The van der Waals surface area contributed by atoms with Crippen LogP contribution in [0.15, 0.2) is 48.8 Å². The molecule has 3 aromatic rings. The predicted octanol–water partition coefficient (Wildman–Crippen LogP) is 5.54. The number of carbonyl (C=O) groups excluding carboxylic acids is 1. The average Bonchev–Trinajstić information content (AvgIpc) is 3.74. The lowest BCUT2D eigenvalue weighted by Gasteiger charge is -2.15. The van der Waals surface area contributed by atoms with Gasteiger partial charge in [-0.3, -0.25) is 9.69 Å². The van der Waals surface area contributed by atoms with Crippen LogP contribution in [-0.2, 0) is 4.79 Å². The summed E-state index contributed by atoms with van der Waals surface area (Å²) in [6.45, 7) is 1.32. The highest BCUT2D eigenvalue weighted by atomic mass is 35.5. The van der Waals surface area contributed by atoms with Gasteiger partial charge in [0.05, 0.1) is 22.8 Å². The number of hydrogen-bond donors (Lipinski definition) is 2. The Bertz CT molecular complexity index is 1280. The van der Waals surface area contributed by atoms with Crippen LogP contribution in [0.25, 0.3) is 10.9 Å². The van der Waals surface area contributed by atoms with E-state index >= 15 is 0 Å². The molecule has 2 saturated carbocycles. The number of amides is 1. The van der Waals surface area contributed by atoms with Crippen molar-refractivity contribution in [3.63, 3.8) is 0 Å². The third-order valence-corrected chi connectivity index (χ3v) is 6.47. The molecule has 1 heterocycles. The fourth-order valence-corrected chi connectivity index (χ4v) is 3.95. The lowest BCUT2D eigenvalue weighted by molar-refractivity contribution is -0.111. The van der Waals surface area contributed by atoms with Crippen LogP contribution in [0.3, 0.4) is 0 Å². The normalized spacial score (nSPS) is 15.7. The number of nitrogens with one attached hydrogen (secondary N) is 2. The lowest BCUT2D eigenvalue weighted by atomic mass is 10.1. The van der Waals surface area contributed by atoms with Gasteiger partial charge >= 0.3 is 0 Å². The molecule has 0 aliphatic heterocycles. The number of anilines is 3. The van der Waals surface area contributed by atoms with Crippen LogP contribution in [0.5, 0.6) is 5.75 Å². The smallest absolute Gasteiger partial charge is 0.248 e. The SMILES string of the molecule is CN(CC=CC(=O)Nc1cc2c(Nc3ccc(F)c(Cl)c3)ncnc2cc1OCC1CC1)C1CC1. The number of ether oxygens (including phenoxy) is 1. The summed E-state index contributed by atoms with van der Waals surface area (Å²) in [6, 6.07) is 8.59. The summed E-state index contributed by atoms with van der Waals surface area (Å²) < 4.78 is 19.6. The van der Waals surface area contributed by atoms with Gasteiger partial charge in [0.15, 0.2) is 0 Å². The zero-order valence-corrected chi connectivity index (χ0v) is 20.2. The number of hydrogen-bond acceptors (Lipinski definition) is 6. The Labute approximate surface area is 208 Å². The molecule has 0 saturated heterocycles. The Morgan fingerprint density at radius 1 is 1.23 bits per heavy atom. The molecule has 2 aliphatic rings. The molecule has 0 atom stereocenters. The number of aromatic nitrogens is 2. The van der Waals surface area contributed by atoms with Crippen LogP contribution >= 0.6 is 11.6 Å². The van der Waals surface area contributed by atoms with E-state index in [0.717, 1.165) is 19.4 Å². The van der Waals surface area contributed by atoms with Crippen molar-refractivity contribution in [3.8, 4) is 5.75 Å². The molecule has 1 amide bonds. The molecular formula is C26H27ClFN5O2. The van der Waals surface area contributed by atoms with Crippen molar-refractivity contribution < 1.29 is 13.9 Å². The maximum atomic E-state index is 13.6. The molecule has 35 heavy (non-hydrogen) atoms. The predicted molar refractivity (Wildman–Crippen MR) is 136 cm³/mol. The highest BCUT2D eigenvalue weighted by Crippen LogP contribution is 2.36. The van der Waals surface area contributed by atoms with Crippen molar-refractivity contribution in [1.29, 1.82) is 0 Å². The zero-order valence-electron chi connectivity index (χ0n) is 19.4. The van der Waals surface area contributed by atoms with Gasteiger partial charge in [-0.15, -0.1) is 0 Å². The van der Waals surface area contributed by atoms with Crippen molar-refractivity contribution in [2.75, 3.05) is 30.8 Å². The molecule has 0 radical (unpaired) electrons. The molecule has 9 heteroatoms. The quantitative estimate of drug-likeness (QED) is 0.359. The van der Waals surface area contributed by atoms with E-state index < -0.39 is 5.82 Å². The fourth-order valence-electron chi connectivity index (χ4n) is 3.77. The molecule has 2 aliphatic carbocycles. The minimum absolute atomic E-state index is 0.0104. The maximum Gasteiger partial charge on any atom is 0.248 e. The maximum absolute atomic E-state index is 13.6. The van der Waals surface area contributed by atoms with Gasteiger partial charge in [-0.05, 0) is 62.9 Å². The molecule has 0 bridgehead atoms. The van der Waals surface area contributed by atoms with Crippen LogP contribution in [-0.4, -0.2) is 47.0 Å². The number of fused-ring (bicyclic) bond motifs is 1.